The molecule has 2 heterocycles. The Hall–Kier alpha value is -5.21. The summed E-state index contributed by atoms with van der Waals surface area (Å²) >= 11 is 0. The number of ether oxygens (including phenoxy) is 1. The smallest absolute Gasteiger partial charge is 0.303 e. The number of allylic oxidation sites excluding steroid dienone is 6. The zero-order valence-electron chi connectivity index (χ0n) is 27.6. The Morgan fingerprint density at radius 2 is 1.70 bits per heavy atom. The Kier molecular flexibility index (Phi) is 11.5. The van der Waals surface area contributed by atoms with E-state index in [4.69, 9.17) is 14.3 Å². The fraction of sp³-hybridized carbons (Fsp3) is 0.333. The number of fused-ring (bicyclic) bond motifs is 2. The van der Waals surface area contributed by atoms with Crippen LogP contribution < -0.4 is 20.3 Å². The summed E-state index contributed by atoms with van der Waals surface area (Å²) in [4.78, 5) is 45.4. The number of unbranched alkanes of at least 4 members (excludes halogenated alkanes) is 2. The minimum absolute atomic E-state index is 0.0164. The number of hydrogen-bond acceptors (Lipinski definition) is 9. The van der Waals surface area contributed by atoms with Crippen molar-refractivity contribution < 1.29 is 41.6 Å². The van der Waals surface area contributed by atoms with E-state index >= 15 is 0 Å². The topological polar surface area (TPSA) is 188 Å². The Labute approximate surface area is 290 Å². The highest BCUT2D eigenvalue weighted by Crippen LogP contribution is 2.42. The van der Waals surface area contributed by atoms with Gasteiger partial charge in [-0.3, -0.25) is 18.9 Å². The fourth-order valence-electron chi connectivity index (χ4n) is 5.97. The summed E-state index contributed by atoms with van der Waals surface area (Å²) in [5.74, 6) is -1.30. The summed E-state index contributed by atoms with van der Waals surface area (Å²) < 4.78 is 44.1. The Morgan fingerprint density at radius 1 is 0.960 bits per heavy atom. The molecule has 3 aromatic rings. The molecule has 0 radical (unpaired) electrons. The predicted octanol–water partition coefficient (Wildman–Crippen LogP) is 5.00. The number of nitrogens with one attached hydrogen (secondary N) is 2. The first-order chi connectivity index (χ1) is 24.0. The van der Waals surface area contributed by atoms with Crippen LogP contribution in [0.4, 0.5) is 5.69 Å². The van der Waals surface area contributed by atoms with E-state index < -0.39 is 45.6 Å². The van der Waals surface area contributed by atoms with Crippen LogP contribution in [0.3, 0.4) is 0 Å². The molecule has 14 heteroatoms. The molecule has 13 nitrogen and oxygen atoms in total. The van der Waals surface area contributed by atoms with Crippen LogP contribution in [0.15, 0.2) is 94.3 Å². The fourth-order valence-corrected chi connectivity index (χ4v) is 6.33. The van der Waals surface area contributed by atoms with Gasteiger partial charge >= 0.3 is 5.97 Å². The molecule has 0 fully saturated rings. The van der Waals surface area contributed by atoms with E-state index in [1.54, 1.807) is 30.4 Å². The number of oxazole rings is 1. The number of rotatable bonds is 15. The minimum Gasteiger partial charge on any atom is -0.481 e. The molecule has 1 aromatic heterocycles. The van der Waals surface area contributed by atoms with Gasteiger partial charge in [-0.15, -0.1) is 0 Å². The lowest BCUT2D eigenvalue weighted by Crippen LogP contribution is -2.53. The monoisotopic (exact) mass is 704 g/mol. The van der Waals surface area contributed by atoms with Crippen LogP contribution in [0.2, 0.25) is 0 Å². The molecule has 1 unspecified atom stereocenters. The standard InChI is InChI=1S/C36H40N4O9S/c1-2-40-28-11-6-8-13-30(28)49-32(40)18-16-26-22-25(15-17-31-39-27-10-5-7-12-29(27)48-31)23-36(24-26,35(44)38-20-21-50(45,46)47)34(43)37-19-9-3-4-14-33(41)42/h5-8,10-13,15-18,22H,2-4,9,14,19-21,23-24H2,1H3,(H,37,43)(H,38,44)(H,41,42)(H,45,46,47)/b17-15+,26-16-,32-18-. The van der Waals surface area contributed by atoms with Crippen LogP contribution in [0.5, 0.6) is 5.75 Å². The highest BCUT2D eigenvalue weighted by molar-refractivity contribution is 7.85. The van der Waals surface area contributed by atoms with Crippen molar-refractivity contribution in [3.05, 3.63) is 95.8 Å². The first-order valence-corrected chi connectivity index (χ1v) is 18.0. The Bertz CT molecular complexity index is 1950. The molecule has 50 heavy (non-hydrogen) atoms. The van der Waals surface area contributed by atoms with Crippen molar-refractivity contribution >= 4 is 50.8 Å². The largest absolute Gasteiger partial charge is 0.481 e. The van der Waals surface area contributed by atoms with Crippen molar-refractivity contribution in [2.45, 2.75) is 45.4 Å². The van der Waals surface area contributed by atoms with E-state index in [0.29, 0.717) is 65.6 Å². The quantitative estimate of drug-likeness (QED) is 0.0947. The predicted molar refractivity (Wildman–Crippen MR) is 188 cm³/mol. The van der Waals surface area contributed by atoms with Crippen LogP contribution in [0.1, 0.15) is 51.3 Å². The molecule has 4 N–H and O–H groups in total. The highest BCUT2D eigenvalue weighted by Gasteiger charge is 2.48. The van der Waals surface area contributed by atoms with Crippen molar-refractivity contribution in [3.8, 4) is 5.75 Å². The number of benzene rings is 2. The normalized spacial score (nSPS) is 19.1. The van der Waals surface area contributed by atoms with Crippen LogP contribution in [-0.2, 0) is 24.5 Å². The Balaban J connectivity index is 1.48. The summed E-state index contributed by atoms with van der Waals surface area (Å²) in [5.41, 5.74) is 1.71. The lowest BCUT2D eigenvalue weighted by Gasteiger charge is -2.35. The molecule has 264 valence electrons. The number of nitrogens with zero attached hydrogens (tertiary/aromatic N) is 2. The van der Waals surface area contributed by atoms with E-state index in [9.17, 15) is 27.4 Å². The number of hydrogen-bond donors (Lipinski definition) is 4. The molecule has 2 aromatic carbocycles. The molecule has 0 saturated carbocycles. The number of aliphatic carboxylic acids is 1. The van der Waals surface area contributed by atoms with E-state index in [1.165, 1.54) is 0 Å². The van der Waals surface area contributed by atoms with E-state index in [0.717, 1.165) is 5.69 Å². The van der Waals surface area contributed by atoms with Crippen molar-refractivity contribution in [2.24, 2.45) is 5.41 Å². The first kappa shape index (κ1) is 36.1. The molecule has 1 aliphatic heterocycles. The molecule has 2 amide bonds. The molecule has 0 spiro atoms. The zero-order valence-corrected chi connectivity index (χ0v) is 28.4. The lowest BCUT2D eigenvalue weighted by atomic mass is 9.70. The molecule has 5 rings (SSSR count). The number of carboxylic acid groups (broad SMARTS) is 1. The summed E-state index contributed by atoms with van der Waals surface area (Å²) in [6, 6.07) is 14.9. The average Bonchev–Trinajstić information content (AvgIpc) is 3.67. The summed E-state index contributed by atoms with van der Waals surface area (Å²) in [6.45, 7) is 2.43. The molecule has 0 saturated heterocycles. The van der Waals surface area contributed by atoms with Crippen LogP contribution in [0, 0.1) is 5.41 Å². The van der Waals surface area contributed by atoms with Gasteiger partial charge in [-0.25, -0.2) is 4.98 Å². The number of anilines is 1. The molecular formula is C36H40N4O9S. The van der Waals surface area contributed by atoms with Crippen LogP contribution in [0.25, 0.3) is 17.2 Å². The number of amides is 2. The Morgan fingerprint density at radius 3 is 2.44 bits per heavy atom. The van der Waals surface area contributed by atoms with Gasteiger partial charge in [-0.2, -0.15) is 8.42 Å². The number of aromatic nitrogens is 1. The van der Waals surface area contributed by atoms with Gasteiger partial charge in [0.15, 0.2) is 11.3 Å². The van der Waals surface area contributed by atoms with Gasteiger partial charge < -0.3 is 29.8 Å². The van der Waals surface area contributed by atoms with Gasteiger partial charge in [0.2, 0.25) is 23.6 Å². The second-order valence-electron chi connectivity index (χ2n) is 12.1. The summed E-state index contributed by atoms with van der Waals surface area (Å²) in [6.07, 6.45) is 10.3. The van der Waals surface area contributed by atoms with Gasteiger partial charge in [-0.05, 0) is 74.1 Å². The third-order valence-electron chi connectivity index (χ3n) is 8.39. The minimum atomic E-state index is -4.37. The van der Waals surface area contributed by atoms with Crippen LogP contribution >= 0.6 is 0 Å². The van der Waals surface area contributed by atoms with E-state index in [-0.39, 0.29) is 25.8 Å². The number of carboxylic acids is 1. The third-order valence-corrected chi connectivity index (χ3v) is 9.11. The maximum Gasteiger partial charge on any atom is 0.303 e. The molecule has 0 bridgehead atoms. The summed E-state index contributed by atoms with van der Waals surface area (Å²) in [7, 11) is -4.37. The SMILES string of the molecule is CCN1/C(=C/C=C2C=C(/C=C/c3nc4ccccc4o3)CC(C(=O)NCCCCCC(=O)O)(C(=O)NCCS(=O)(=O)O)C/2)Oc2ccccc21. The molecular weight excluding hydrogens is 664 g/mol. The summed E-state index contributed by atoms with van der Waals surface area (Å²) in [5, 5.41) is 14.3. The number of carbonyl (C=O) groups is 3. The van der Waals surface area contributed by atoms with E-state index in [2.05, 4.69) is 15.6 Å². The second-order valence-corrected chi connectivity index (χ2v) is 13.6. The van der Waals surface area contributed by atoms with Crippen molar-refractivity contribution in [1.82, 2.24) is 15.6 Å². The highest BCUT2D eigenvalue weighted by atomic mass is 32.2. The van der Waals surface area contributed by atoms with Gasteiger partial charge in [0.05, 0.1) is 11.4 Å². The maximum absolute atomic E-state index is 14.1. The molecule has 2 aliphatic rings. The third kappa shape index (κ3) is 9.07. The lowest BCUT2D eigenvalue weighted by molar-refractivity contribution is -0.144. The maximum atomic E-state index is 14.1. The number of carbonyl (C=O) groups excluding carboxylic acids is 2. The van der Waals surface area contributed by atoms with Crippen LogP contribution in [-0.4, -0.2) is 66.2 Å². The van der Waals surface area contributed by atoms with Gasteiger partial charge in [0.25, 0.3) is 10.1 Å². The van der Waals surface area contributed by atoms with Crippen molar-refractivity contribution in [2.75, 3.05) is 30.3 Å². The molecule has 1 aliphatic carbocycles. The van der Waals surface area contributed by atoms with Crippen molar-refractivity contribution in [1.29, 1.82) is 0 Å². The molecule has 1 atom stereocenters. The van der Waals surface area contributed by atoms with E-state index in [1.807, 2.05) is 60.4 Å². The first-order valence-electron chi connectivity index (χ1n) is 16.4. The zero-order chi connectivity index (χ0) is 35.7. The van der Waals surface area contributed by atoms with Gasteiger partial charge in [-0.1, -0.05) is 48.9 Å². The van der Waals surface area contributed by atoms with Gasteiger partial charge in [0, 0.05) is 32.1 Å². The van der Waals surface area contributed by atoms with Crippen molar-refractivity contribution in [3.63, 3.8) is 0 Å². The average molecular weight is 705 g/mol. The van der Waals surface area contributed by atoms with Gasteiger partial charge in [0.1, 0.15) is 10.9 Å². The number of para-hydroxylation sites is 4. The second kappa shape index (κ2) is 16.0.